The molecule has 1 fully saturated rings. The van der Waals surface area contributed by atoms with Gasteiger partial charge in [-0.05, 0) is 93.4 Å². The van der Waals surface area contributed by atoms with Crippen LogP contribution in [-0.2, 0) is 25.5 Å². The largest absolute Gasteiger partial charge is 3.00 e. The summed E-state index contributed by atoms with van der Waals surface area (Å²) in [4.78, 5) is 4.71. The van der Waals surface area contributed by atoms with Crippen molar-refractivity contribution in [3.8, 4) is 22.5 Å². The number of aromatic nitrogens is 2. The molecule has 0 unspecified atom stereocenters. The van der Waals surface area contributed by atoms with Crippen molar-refractivity contribution in [3.05, 3.63) is 158 Å². The van der Waals surface area contributed by atoms with Gasteiger partial charge in [-0.1, -0.05) is 112 Å². The van der Waals surface area contributed by atoms with Gasteiger partial charge in [-0.15, -0.1) is 35.9 Å². The number of hydrogen-bond acceptors (Lipinski definition) is 2. The van der Waals surface area contributed by atoms with E-state index in [2.05, 4.69) is 140 Å². The Hall–Kier alpha value is -4.89. The monoisotopic (exact) mass is 886 g/mol. The van der Waals surface area contributed by atoms with E-state index in [0.717, 1.165) is 81.3 Å². The van der Waals surface area contributed by atoms with E-state index < -0.39 is 5.89 Å². The van der Waals surface area contributed by atoms with Crippen LogP contribution in [0.5, 0.6) is 0 Å². The summed E-state index contributed by atoms with van der Waals surface area (Å²) in [5.41, 5.74) is 9.40. The molecule has 0 bridgehead atoms. The molecule has 3 nitrogen and oxygen atoms in total. The average Bonchev–Trinajstić information content (AvgIpc) is 3.53. The van der Waals surface area contributed by atoms with Crippen molar-refractivity contribution < 1.29 is 30.5 Å². The van der Waals surface area contributed by atoms with E-state index in [1.807, 2.05) is 41.1 Å². The molecule has 1 aliphatic rings. The number of rotatable bonds is 3. The van der Waals surface area contributed by atoms with Crippen LogP contribution in [0.2, 0.25) is 0 Å². The van der Waals surface area contributed by atoms with Crippen molar-refractivity contribution >= 4 is 43.5 Å². The fourth-order valence-electron chi connectivity index (χ4n) is 7.74. The maximum absolute atomic E-state index is 9.24. The zero-order valence-electron chi connectivity index (χ0n) is 32.9. The van der Waals surface area contributed by atoms with Crippen LogP contribution >= 0.6 is 0 Å². The van der Waals surface area contributed by atoms with Crippen LogP contribution in [-0.4, -0.2) is 4.98 Å². The van der Waals surface area contributed by atoms with Crippen LogP contribution in [0.3, 0.4) is 0 Å². The molecule has 4 heteroatoms. The third-order valence-corrected chi connectivity index (χ3v) is 11.1. The first-order chi connectivity index (χ1) is 25.8. The topological polar surface area (TPSA) is 29.9 Å². The normalized spacial score (nSPS) is 15.4. The quantitative estimate of drug-likeness (QED) is 0.101. The second-order valence-corrected chi connectivity index (χ2v) is 16.4. The molecule has 0 aliphatic heterocycles. The van der Waals surface area contributed by atoms with Gasteiger partial charge in [0, 0.05) is 20.0 Å². The molecule has 0 atom stereocenters. The minimum Gasteiger partial charge on any atom is -0.501 e. The number of benzene rings is 5. The Morgan fingerprint density at radius 1 is 0.833 bits per heavy atom. The Morgan fingerprint density at radius 3 is 2.33 bits per heavy atom. The fourth-order valence-corrected chi connectivity index (χ4v) is 7.74. The van der Waals surface area contributed by atoms with Gasteiger partial charge < -0.3 is 14.0 Å². The van der Waals surface area contributed by atoms with Crippen molar-refractivity contribution in [3.63, 3.8) is 0 Å². The molecule has 0 radical (unpaired) electrons. The molecule has 272 valence electrons. The molecule has 5 aromatic carbocycles. The Kier molecular flexibility index (Phi) is 9.85. The maximum Gasteiger partial charge on any atom is 3.00 e. The summed E-state index contributed by atoms with van der Waals surface area (Å²) < 4.78 is 17.7. The molecule has 9 rings (SSSR count). The molecule has 8 aromatic rings. The van der Waals surface area contributed by atoms with E-state index in [-0.39, 0.29) is 25.5 Å². The average molecular weight is 886 g/mol. The molecule has 0 saturated heterocycles. The summed E-state index contributed by atoms with van der Waals surface area (Å²) in [6.45, 7) is 15.3. The first kappa shape index (κ1) is 36.1. The molecule has 54 heavy (non-hydrogen) atoms. The van der Waals surface area contributed by atoms with E-state index in [4.69, 9.17) is 9.40 Å². The van der Waals surface area contributed by atoms with Crippen LogP contribution in [0, 0.1) is 25.5 Å². The minimum absolute atomic E-state index is 0. The third kappa shape index (κ3) is 7.30. The number of fused-ring (bicyclic) bond motifs is 6. The van der Waals surface area contributed by atoms with Gasteiger partial charge in [0.2, 0.25) is 0 Å². The SMILES string of the molecule is [2H]C1(c2ccnc(-c3[c-]ccc4c3oc3cc5c(ccc6ccccc65)cc34)c2)CCC(C)(C)CC1.[CH2-]c1ccccc1-c1ccc(C(C)(C)C)c[n+]1[CH2-].[Ir+3]. The van der Waals surface area contributed by atoms with E-state index in [9.17, 15) is 1.37 Å². The molecular weight excluding hydrogens is 837 g/mol. The van der Waals surface area contributed by atoms with Gasteiger partial charge in [-0.25, -0.2) is 0 Å². The van der Waals surface area contributed by atoms with Crippen molar-refractivity contribution in [2.75, 3.05) is 0 Å². The Bertz CT molecular complexity index is 2670. The summed E-state index contributed by atoms with van der Waals surface area (Å²) in [6.07, 6.45) is 7.84. The first-order valence-corrected chi connectivity index (χ1v) is 18.7. The van der Waals surface area contributed by atoms with Gasteiger partial charge in [-0.3, -0.25) is 0 Å². The standard InChI is InChI=1S/C33H28NO.C17H20N.Ir/c1-33(2)15-12-21(13-16-33)23-14-17-34-30(19-23)27-9-5-8-26-29-18-24-11-10-22-6-3-4-7-25(22)28(24)20-31(29)35-32(26)27;1-13-8-6-7-9-15(13)16-11-10-14(12-18(16)5)17(2,3)4;/h3-8,10-11,14,17-21H,12-13,15-16H2,1-2H3;6-12H,1,5H2,2-4H3;/q2*-1;+3/i21D;;. The second kappa shape index (κ2) is 14.7. The zero-order chi connectivity index (χ0) is 37.8. The molecule has 0 amide bonds. The molecule has 0 N–H and O–H groups in total. The van der Waals surface area contributed by atoms with Crippen molar-refractivity contribution in [2.24, 2.45) is 5.41 Å². The van der Waals surface area contributed by atoms with Crippen molar-refractivity contribution in [1.82, 2.24) is 4.98 Å². The van der Waals surface area contributed by atoms with Crippen LogP contribution in [0.4, 0.5) is 0 Å². The zero-order valence-corrected chi connectivity index (χ0v) is 34.3. The van der Waals surface area contributed by atoms with Gasteiger partial charge in [0.25, 0.3) is 0 Å². The third-order valence-electron chi connectivity index (χ3n) is 11.1. The van der Waals surface area contributed by atoms with Crippen LogP contribution in [0.25, 0.3) is 66.0 Å². The van der Waals surface area contributed by atoms with Gasteiger partial charge >= 0.3 is 20.1 Å². The summed E-state index contributed by atoms with van der Waals surface area (Å²) in [6, 6.07) is 41.2. The number of nitrogens with zero attached hydrogens (tertiary/aromatic N) is 2. The molecule has 1 saturated carbocycles. The smallest absolute Gasteiger partial charge is 0.501 e. The summed E-state index contributed by atoms with van der Waals surface area (Å²) in [5.74, 6) is -0.562. The Morgan fingerprint density at radius 2 is 1.57 bits per heavy atom. The van der Waals surface area contributed by atoms with Gasteiger partial charge in [0.15, 0.2) is 0 Å². The van der Waals surface area contributed by atoms with Gasteiger partial charge in [0.1, 0.15) is 5.58 Å². The summed E-state index contributed by atoms with van der Waals surface area (Å²) >= 11 is 0. The van der Waals surface area contributed by atoms with Crippen molar-refractivity contribution in [2.45, 2.75) is 71.6 Å². The predicted octanol–water partition coefficient (Wildman–Crippen LogP) is 13.2. The molecule has 3 aromatic heterocycles. The van der Waals surface area contributed by atoms with Crippen LogP contribution in [0.1, 0.15) is 84.3 Å². The molecule has 3 heterocycles. The Labute approximate surface area is 335 Å². The molecular formula is C50H48IrN2O+. The molecule has 0 spiro atoms. The fraction of sp³-hybridized carbons (Fsp3) is 0.240. The van der Waals surface area contributed by atoms with Gasteiger partial charge in [-0.2, -0.15) is 18.6 Å². The van der Waals surface area contributed by atoms with Crippen molar-refractivity contribution in [1.29, 1.82) is 0 Å². The Balaban J connectivity index is 0.000000208. The second-order valence-electron chi connectivity index (χ2n) is 16.4. The molecule has 1 aliphatic carbocycles. The van der Waals surface area contributed by atoms with E-state index in [1.54, 1.807) is 0 Å². The number of hydrogen-bond donors (Lipinski definition) is 0. The summed E-state index contributed by atoms with van der Waals surface area (Å²) in [7, 11) is 4.10. The van der Waals surface area contributed by atoms with E-state index in [0.29, 0.717) is 5.41 Å². The maximum atomic E-state index is 9.24. The van der Waals surface area contributed by atoms with E-state index in [1.165, 1.54) is 27.1 Å². The van der Waals surface area contributed by atoms with Gasteiger partial charge in [0.05, 0.1) is 17.5 Å². The first-order valence-electron chi connectivity index (χ1n) is 19.2. The number of furan rings is 1. The van der Waals surface area contributed by atoms with E-state index >= 15 is 0 Å². The van der Waals surface area contributed by atoms with Crippen LogP contribution < -0.4 is 4.57 Å². The number of pyridine rings is 2. The predicted molar refractivity (Wildman–Crippen MR) is 222 cm³/mol. The summed E-state index contributed by atoms with van der Waals surface area (Å²) in [5, 5.41) is 7.03. The minimum atomic E-state index is -0.562. The van der Waals surface area contributed by atoms with Crippen LogP contribution in [0.15, 0.2) is 126 Å².